The van der Waals surface area contributed by atoms with Gasteiger partial charge < -0.3 is 9.15 Å². The SMILES string of the molecule is CCOc1ccc(S(=O)(=O)NCc2nnc(-c3ccc(Cl)cc3)o2)cc1. The normalized spacial score (nSPS) is 11.5. The van der Waals surface area contributed by atoms with E-state index < -0.39 is 10.0 Å². The van der Waals surface area contributed by atoms with Gasteiger partial charge >= 0.3 is 0 Å². The number of sulfonamides is 1. The molecule has 0 fully saturated rings. The molecule has 0 saturated carbocycles. The van der Waals surface area contributed by atoms with Crippen molar-refractivity contribution in [1.29, 1.82) is 0 Å². The Morgan fingerprint density at radius 2 is 1.77 bits per heavy atom. The molecule has 1 aromatic heterocycles. The molecule has 0 aliphatic rings. The van der Waals surface area contributed by atoms with Crippen molar-refractivity contribution in [2.75, 3.05) is 6.61 Å². The van der Waals surface area contributed by atoms with Crippen molar-refractivity contribution in [2.45, 2.75) is 18.4 Å². The Hall–Kier alpha value is -2.42. The highest BCUT2D eigenvalue weighted by molar-refractivity contribution is 7.89. The van der Waals surface area contributed by atoms with Gasteiger partial charge in [0.15, 0.2) is 0 Å². The Bertz CT molecular complexity index is 970. The Balaban J connectivity index is 1.67. The van der Waals surface area contributed by atoms with Gasteiger partial charge in [0, 0.05) is 10.6 Å². The molecule has 0 atom stereocenters. The minimum atomic E-state index is -3.70. The van der Waals surface area contributed by atoms with Gasteiger partial charge in [-0.05, 0) is 55.5 Å². The fraction of sp³-hybridized carbons (Fsp3) is 0.176. The van der Waals surface area contributed by atoms with E-state index in [0.717, 1.165) is 0 Å². The first-order valence-corrected chi connectivity index (χ1v) is 9.65. The second-order valence-corrected chi connectivity index (χ2v) is 7.44. The number of aromatic nitrogens is 2. The van der Waals surface area contributed by atoms with Crippen LogP contribution >= 0.6 is 11.6 Å². The summed E-state index contributed by atoms with van der Waals surface area (Å²) in [7, 11) is -3.70. The average molecular weight is 394 g/mol. The molecule has 0 aliphatic carbocycles. The summed E-state index contributed by atoms with van der Waals surface area (Å²) in [4.78, 5) is 0.124. The number of ether oxygens (including phenoxy) is 1. The highest BCUT2D eigenvalue weighted by Gasteiger charge is 2.16. The third-order valence-corrected chi connectivity index (χ3v) is 5.09. The van der Waals surface area contributed by atoms with E-state index in [1.54, 1.807) is 36.4 Å². The molecule has 0 amide bonds. The third kappa shape index (κ3) is 4.40. The molecule has 0 bridgehead atoms. The van der Waals surface area contributed by atoms with Crippen LogP contribution in [0.4, 0.5) is 0 Å². The smallest absolute Gasteiger partial charge is 0.247 e. The summed E-state index contributed by atoms with van der Waals surface area (Å²) in [5.41, 5.74) is 0.697. The molecule has 7 nitrogen and oxygen atoms in total. The molecule has 1 heterocycles. The monoisotopic (exact) mass is 393 g/mol. The van der Waals surface area contributed by atoms with Crippen molar-refractivity contribution in [3.8, 4) is 17.2 Å². The third-order valence-electron chi connectivity index (χ3n) is 3.42. The lowest BCUT2D eigenvalue weighted by Crippen LogP contribution is -2.23. The topological polar surface area (TPSA) is 94.3 Å². The van der Waals surface area contributed by atoms with Crippen molar-refractivity contribution < 1.29 is 17.6 Å². The highest BCUT2D eigenvalue weighted by atomic mass is 35.5. The van der Waals surface area contributed by atoms with E-state index in [2.05, 4.69) is 14.9 Å². The molecule has 0 unspecified atom stereocenters. The fourth-order valence-electron chi connectivity index (χ4n) is 2.16. The Kier molecular flexibility index (Phi) is 5.55. The van der Waals surface area contributed by atoms with E-state index in [0.29, 0.717) is 22.9 Å². The average Bonchev–Trinajstić information content (AvgIpc) is 3.11. The molecule has 3 rings (SSSR count). The molecule has 136 valence electrons. The number of nitrogens with zero attached hydrogens (tertiary/aromatic N) is 2. The number of hydrogen-bond acceptors (Lipinski definition) is 6. The van der Waals surface area contributed by atoms with Crippen molar-refractivity contribution in [2.24, 2.45) is 0 Å². The van der Waals surface area contributed by atoms with Gasteiger partial charge in [-0.3, -0.25) is 0 Å². The Morgan fingerprint density at radius 1 is 1.08 bits per heavy atom. The number of hydrogen-bond donors (Lipinski definition) is 1. The zero-order valence-corrected chi connectivity index (χ0v) is 15.4. The summed E-state index contributed by atoms with van der Waals surface area (Å²) in [6.45, 7) is 2.25. The molecule has 9 heteroatoms. The van der Waals surface area contributed by atoms with Crippen LogP contribution in [0.1, 0.15) is 12.8 Å². The summed E-state index contributed by atoms with van der Waals surface area (Å²) < 4.78 is 37.9. The first kappa shape index (κ1) is 18.4. The second kappa shape index (κ2) is 7.86. The van der Waals surface area contributed by atoms with E-state index in [-0.39, 0.29) is 23.2 Å². The molecule has 0 radical (unpaired) electrons. The van der Waals surface area contributed by atoms with Crippen LogP contribution < -0.4 is 9.46 Å². The molecule has 1 N–H and O–H groups in total. The quantitative estimate of drug-likeness (QED) is 0.662. The lowest BCUT2D eigenvalue weighted by Gasteiger charge is -2.06. The van der Waals surface area contributed by atoms with Crippen LogP contribution in [0.3, 0.4) is 0 Å². The first-order valence-electron chi connectivity index (χ1n) is 7.79. The van der Waals surface area contributed by atoms with Crippen molar-refractivity contribution in [3.05, 3.63) is 59.4 Å². The zero-order chi connectivity index (χ0) is 18.6. The Morgan fingerprint density at radius 3 is 2.42 bits per heavy atom. The van der Waals surface area contributed by atoms with Crippen LogP contribution in [0.15, 0.2) is 57.8 Å². The molecule has 3 aromatic rings. The van der Waals surface area contributed by atoms with Crippen LogP contribution in [-0.4, -0.2) is 25.2 Å². The van der Waals surface area contributed by atoms with Gasteiger partial charge in [-0.15, -0.1) is 10.2 Å². The highest BCUT2D eigenvalue weighted by Crippen LogP contribution is 2.20. The van der Waals surface area contributed by atoms with Crippen LogP contribution in [0, 0.1) is 0 Å². The molecular formula is C17H16ClN3O4S. The second-order valence-electron chi connectivity index (χ2n) is 5.24. The summed E-state index contributed by atoms with van der Waals surface area (Å²) in [5.74, 6) is 1.05. The summed E-state index contributed by atoms with van der Waals surface area (Å²) in [6, 6.07) is 13.0. The fourth-order valence-corrected chi connectivity index (χ4v) is 3.26. The van der Waals surface area contributed by atoms with Crippen LogP contribution in [-0.2, 0) is 16.6 Å². The molecule has 26 heavy (non-hydrogen) atoms. The number of benzene rings is 2. The van der Waals surface area contributed by atoms with Gasteiger partial charge in [-0.2, -0.15) is 0 Å². The van der Waals surface area contributed by atoms with Crippen LogP contribution in [0.25, 0.3) is 11.5 Å². The molecule has 0 spiro atoms. The molecule has 0 aliphatic heterocycles. The standard InChI is InChI=1S/C17H16ClN3O4S/c1-2-24-14-7-9-15(10-8-14)26(22,23)19-11-16-20-21-17(25-16)12-3-5-13(18)6-4-12/h3-10,19H,2,11H2,1H3. The van der Waals surface area contributed by atoms with E-state index >= 15 is 0 Å². The van der Waals surface area contributed by atoms with Crippen molar-refractivity contribution >= 4 is 21.6 Å². The number of rotatable bonds is 7. The van der Waals surface area contributed by atoms with Crippen LogP contribution in [0.5, 0.6) is 5.75 Å². The zero-order valence-electron chi connectivity index (χ0n) is 13.8. The summed E-state index contributed by atoms with van der Waals surface area (Å²) in [5, 5.41) is 8.36. The minimum absolute atomic E-state index is 0.115. The van der Waals surface area contributed by atoms with Gasteiger partial charge in [-0.25, -0.2) is 13.1 Å². The largest absolute Gasteiger partial charge is 0.494 e. The van der Waals surface area contributed by atoms with Gasteiger partial charge in [0.2, 0.25) is 21.8 Å². The maximum absolute atomic E-state index is 12.3. The molecular weight excluding hydrogens is 378 g/mol. The molecule has 0 saturated heterocycles. The number of halogens is 1. The lowest BCUT2D eigenvalue weighted by molar-refractivity contribution is 0.340. The predicted octanol–water partition coefficient (Wildman–Crippen LogP) is 3.27. The van der Waals surface area contributed by atoms with E-state index in [4.69, 9.17) is 20.8 Å². The number of nitrogens with one attached hydrogen (secondary N) is 1. The first-order chi connectivity index (χ1) is 12.5. The van der Waals surface area contributed by atoms with Crippen LogP contribution in [0.2, 0.25) is 5.02 Å². The summed E-state index contributed by atoms with van der Waals surface area (Å²) in [6.07, 6.45) is 0. The maximum Gasteiger partial charge on any atom is 0.247 e. The lowest BCUT2D eigenvalue weighted by atomic mass is 10.2. The van der Waals surface area contributed by atoms with Crippen molar-refractivity contribution in [3.63, 3.8) is 0 Å². The summed E-state index contributed by atoms with van der Waals surface area (Å²) >= 11 is 5.84. The van der Waals surface area contributed by atoms with Gasteiger partial charge in [0.1, 0.15) is 5.75 Å². The van der Waals surface area contributed by atoms with E-state index in [1.165, 1.54) is 12.1 Å². The van der Waals surface area contributed by atoms with Gasteiger partial charge in [-0.1, -0.05) is 11.6 Å². The van der Waals surface area contributed by atoms with E-state index in [9.17, 15) is 8.42 Å². The minimum Gasteiger partial charge on any atom is -0.494 e. The van der Waals surface area contributed by atoms with Gasteiger partial charge in [0.05, 0.1) is 18.0 Å². The predicted molar refractivity (Wildman–Crippen MR) is 96.4 cm³/mol. The van der Waals surface area contributed by atoms with Gasteiger partial charge in [0.25, 0.3) is 0 Å². The molecule has 2 aromatic carbocycles. The van der Waals surface area contributed by atoms with Crippen molar-refractivity contribution in [1.82, 2.24) is 14.9 Å². The Labute approximate surface area is 156 Å². The maximum atomic E-state index is 12.3. The van der Waals surface area contributed by atoms with E-state index in [1.807, 2.05) is 6.92 Å².